The molecule has 0 atom stereocenters. The van der Waals surface area contributed by atoms with Gasteiger partial charge in [-0.05, 0) is 18.2 Å². The van der Waals surface area contributed by atoms with Crippen molar-refractivity contribution in [1.82, 2.24) is 5.32 Å². The van der Waals surface area contributed by atoms with Gasteiger partial charge in [0.25, 0.3) is 0 Å². The van der Waals surface area contributed by atoms with Gasteiger partial charge >= 0.3 is 0 Å². The Hall–Kier alpha value is -1.71. The van der Waals surface area contributed by atoms with Crippen molar-refractivity contribution in [2.24, 2.45) is 0 Å². The van der Waals surface area contributed by atoms with E-state index in [1.807, 2.05) is 36.0 Å². The van der Waals surface area contributed by atoms with Crippen LogP contribution in [0.2, 0.25) is 0 Å². The number of ether oxygens (including phenoxy) is 1. The normalized spacial score (nSPS) is 10.3. The highest BCUT2D eigenvalue weighted by molar-refractivity contribution is 7.99. The second-order valence-corrected chi connectivity index (χ2v) is 5.71. The van der Waals surface area contributed by atoms with Crippen LogP contribution in [0.15, 0.2) is 72.1 Å². The largest absolute Gasteiger partial charge is 0.489 e. The highest BCUT2D eigenvalue weighted by Gasteiger charge is 2.01. The van der Waals surface area contributed by atoms with E-state index in [1.165, 1.54) is 10.5 Å². The molecule has 0 radical (unpaired) electrons. The Morgan fingerprint density at radius 1 is 1.05 bits per heavy atom. The van der Waals surface area contributed by atoms with Crippen LogP contribution in [0, 0.1) is 0 Å². The Bertz CT molecular complexity index is 542. The van der Waals surface area contributed by atoms with Gasteiger partial charge in [-0.15, -0.1) is 11.8 Å². The lowest BCUT2D eigenvalue weighted by Crippen LogP contribution is -2.17. The summed E-state index contributed by atoms with van der Waals surface area (Å²) >= 11 is 1.87. The zero-order chi connectivity index (χ0) is 14.8. The van der Waals surface area contributed by atoms with E-state index in [4.69, 9.17) is 4.74 Å². The number of nitrogens with one attached hydrogen (secondary N) is 1. The third-order valence-electron chi connectivity index (χ3n) is 2.94. The first-order valence-corrected chi connectivity index (χ1v) is 8.09. The summed E-state index contributed by atoms with van der Waals surface area (Å²) in [4.78, 5) is 1.31. The third-order valence-corrected chi connectivity index (χ3v) is 3.95. The fourth-order valence-corrected chi connectivity index (χ4v) is 2.75. The fourth-order valence-electron chi connectivity index (χ4n) is 1.92. The van der Waals surface area contributed by atoms with E-state index in [-0.39, 0.29) is 0 Å². The quantitative estimate of drug-likeness (QED) is 0.427. The molecule has 2 rings (SSSR count). The van der Waals surface area contributed by atoms with Gasteiger partial charge in [-0.2, -0.15) is 0 Å². The summed E-state index contributed by atoms with van der Waals surface area (Å²) in [5, 5.41) is 3.46. The molecule has 2 aromatic rings. The van der Waals surface area contributed by atoms with Gasteiger partial charge in [0.15, 0.2) is 0 Å². The van der Waals surface area contributed by atoms with Crippen molar-refractivity contribution in [3.05, 3.63) is 72.8 Å². The zero-order valence-electron chi connectivity index (χ0n) is 12.1. The van der Waals surface area contributed by atoms with Crippen LogP contribution in [0.1, 0.15) is 5.56 Å². The minimum atomic E-state index is 0.543. The van der Waals surface area contributed by atoms with Crippen LogP contribution in [-0.4, -0.2) is 18.9 Å². The maximum atomic E-state index is 5.65. The summed E-state index contributed by atoms with van der Waals surface area (Å²) in [6, 6.07) is 18.6. The molecule has 0 heterocycles. The molecule has 0 aromatic heterocycles. The van der Waals surface area contributed by atoms with Gasteiger partial charge < -0.3 is 10.1 Å². The van der Waals surface area contributed by atoms with E-state index < -0.39 is 0 Å². The van der Waals surface area contributed by atoms with Crippen LogP contribution in [0.5, 0.6) is 5.75 Å². The Morgan fingerprint density at radius 2 is 1.81 bits per heavy atom. The summed E-state index contributed by atoms with van der Waals surface area (Å²) in [7, 11) is 0. The molecule has 0 bridgehead atoms. The fraction of sp³-hybridized carbons (Fsp3) is 0.222. The highest BCUT2D eigenvalue weighted by Crippen LogP contribution is 2.18. The van der Waals surface area contributed by atoms with E-state index in [9.17, 15) is 0 Å². The van der Waals surface area contributed by atoms with Crippen molar-refractivity contribution in [3.8, 4) is 5.75 Å². The maximum absolute atomic E-state index is 5.65. The Kier molecular flexibility index (Phi) is 6.92. The average Bonchev–Trinajstić information content (AvgIpc) is 2.54. The molecule has 0 spiro atoms. The van der Waals surface area contributed by atoms with Crippen LogP contribution in [0.3, 0.4) is 0 Å². The molecule has 110 valence electrons. The van der Waals surface area contributed by atoms with E-state index in [2.05, 4.69) is 42.2 Å². The van der Waals surface area contributed by atoms with Gasteiger partial charge in [-0.3, -0.25) is 0 Å². The molecule has 3 heteroatoms. The Balaban J connectivity index is 1.72. The van der Waals surface area contributed by atoms with Crippen molar-refractivity contribution in [3.63, 3.8) is 0 Å². The molecule has 0 aliphatic heterocycles. The second kappa shape index (κ2) is 9.27. The number of thioether (sulfide) groups is 1. The predicted octanol–water partition coefficient (Wildman–Crippen LogP) is 4.13. The van der Waals surface area contributed by atoms with Gasteiger partial charge in [0.2, 0.25) is 0 Å². The van der Waals surface area contributed by atoms with E-state index >= 15 is 0 Å². The molecule has 0 amide bonds. The van der Waals surface area contributed by atoms with E-state index in [1.54, 1.807) is 6.08 Å². The second-order valence-electron chi connectivity index (χ2n) is 4.55. The van der Waals surface area contributed by atoms with Crippen LogP contribution in [-0.2, 0) is 6.54 Å². The summed E-state index contributed by atoms with van der Waals surface area (Å²) in [5.74, 6) is 1.99. The molecule has 2 aromatic carbocycles. The molecule has 0 fully saturated rings. The molecule has 0 aliphatic carbocycles. The third kappa shape index (κ3) is 5.66. The molecule has 0 unspecified atom stereocenters. The number of hydrogen-bond donors (Lipinski definition) is 1. The lowest BCUT2D eigenvalue weighted by molar-refractivity contribution is 0.358. The lowest BCUT2D eigenvalue weighted by atomic mass is 10.2. The molecule has 21 heavy (non-hydrogen) atoms. The van der Waals surface area contributed by atoms with Crippen LogP contribution < -0.4 is 10.1 Å². The summed E-state index contributed by atoms with van der Waals surface area (Å²) in [6.45, 7) is 6.01. The topological polar surface area (TPSA) is 21.3 Å². The number of para-hydroxylation sites is 1. The SMILES string of the molecule is C=CCOc1ccccc1CNCCSc1ccccc1. The van der Waals surface area contributed by atoms with Crippen LogP contribution in [0.4, 0.5) is 0 Å². The minimum Gasteiger partial charge on any atom is -0.489 e. The minimum absolute atomic E-state index is 0.543. The lowest BCUT2D eigenvalue weighted by Gasteiger charge is -2.11. The Labute approximate surface area is 131 Å². The first-order chi connectivity index (χ1) is 10.4. The molecule has 0 saturated heterocycles. The molecular formula is C18H21NOS. The first-order valence-electron chi connectivity index (χ1n) is 7.10. The Morgan fingerprint density at radius 3 is 2.62 bits per heavy atom. The zero-order valence-corrected chi connectivity index (χ0v) is 12.9. The number of rotatable bonds is 9. The van der Waals surface area contributed by atoms with Crippen molar-refractivity contribution >= 4 is 11.8 Å². The number of benzene rings is 2. The van der Waals surface area contributed by atoms with Gasteiger partial charge in [-0.1, -0.05) is 49.1 Å². The van der Waals surface area contributed by atoms with Crippen molar-refractivity contribution in [2.75, 3.05) is 18.9 Å². The van der Waals surface area contributed by atoms with Gasteiger partial charge in [0, 0.05) is 29.3 Å². The van der Waals surface area contributed by atoms with Crippen LogP contribution >= 0.6 is 11.8 Å². The molecule has 1 N–H and O–H groups in total. The van der Waals surface area contributed by atoms with Crippen molar-refractivity contribution in [2.45, 2.75) is 11.4 Å². The molecule has 2 nitrogen and oxygen atoms in total. The molecule has 0 aliphatic rings. The van der Waals surface area contributed by atoms with Crippen molar-refractivity contribution < 1.29 is 4.74 Å². The predicted molar refractivity (Wildman–Crippen MR) is 91.0 cm³/mol. The van der Waals surface area contributed by atoms with E-state index in [0.717, 1.165) is 24.6 Å². The molecule has 0 saturated carbocycles. The van der Waals surface area contributed by atoms with Gasteiger partial charge in [0.05, 0.1) is 0 Å². The average molecular weight is 299 g/mol. The van der Waals surface area contributed by atoms with Gasteiger partial charge in [-0.25, -0.2) is 0 Å². The molecular weight excluding hydrogens is 278 g/mol. The summed E-state index contributed by atoms with van der Waals surface area (Å²) < 4.78 is 5.65. The standard InChI is InChI=1S/C18H21NOS/c1-2-13-20-18-11-7-6-8-16(18)15-19-12-14-21-17-9-4-3-5-10-17/h2-11,19H,1,12-15H2. The van der Waals surface area contributed by atoms with Crippen LogP contribution in [0.25, 0.3) is 0 Å². The smallest absolute Gasteiger partial charge is 0.124 e. The summed E-state index contributed by atoms with van der Waals surface area (Å²) in [6.07, 6.45) is 1.76. The maximum Gasteiger partial charge on any atom is 0.124 e. The summed E-state index contributed by atoms with van der Waals surface area (Å²) in [5.41, 5.74) is 1.18. The highest BCUT2D eigenvalue weighted by atomic mass is 32.2. The van der Waals surface area contributed by atoms with Crippen molar-refractivity contribution in [1.29, 1.82) is 0 Å². The number of hydrogen-bond acceptors (Lipinski definition) is 3. The monoisotopic (exact) mass is 299 g/mol. The van der Waals surface area contributed by atoms with E-state index in [0.29, 0.717) is 6.61 Å². The first kappa shape index (κ1) is 15.7. The van der Waals surface area contributed by atoms with Gasteiger partial charge in [0.1, 0.15) is 12.4 Å².